The lowest BCUT2D eigenvalue weighted by atomic mass is 9.93. The Morgan fingerprint density at radius 1 is 1.38 bits per heavy atom. The predicted octanol–water partition coefficient (Wildman–Crippen LogP) is 2.17. The molecule has 1 heterocycles. The van der Waals surface area contributed by atoms with Crippen molar-refractivity contribution in [2.45, 2.75) is 36.0 Å². The van der Waals surface area contributed by atoms with E-state index in [0.717, 1.165) is 23.5 Å². The maximum Gasteiger partial charge on any atom is 0.326 e. The molecule has 1 saturated heterocycles. The summed E-state index contributed by atoms with van der Waals surface area (Å²) in [6.45, 7) is 2.79. The van der Waals surface area contributed by atoms with E-state index in [9.17, 15) is 14.7 Å². The van der Waals surface area contributed by atoms with Crippen molar-refractivity contribution < 1.29 is 24.2 Å². The van der Waals surface area contributed by atoms with Gasteiger partial charge in [-0.3, -0.25) is 4.79 Å². The summed E-state index contributed by atoms with van der Waals surface area (Å²) in [6, 6.07) is 6.49. The Labute approximate surface area is 145 Å². The zero-order valence-electron chi connectivity index (χ0n) is 13.9. The van der Waals surface area contributed by atoms with Crippen LogP contribution in [0.5, 0.6) is 5.75 Å². The molecular formula is C17H23NO5S. The molecule has 0 aliphatic carbocycles. The van der Waals surface area contributed by atoms with Crippen LogP contribution in [0.3, 0.4) is 0 Å². The van der Waals surface area contributed by atoms with E-state index in [-0.39, 0.29) is 11.8 Å². The molecule has 3 unspecified atom stereocenters. The maximum absolute atomic E-state index is 12.4. The predicted molar refractivity (Wildman–Crippen MR) is 91.4 cm³/mol. The van der Waals surface area contributed by atoms with E-state index >= 15 is 0 Å². The van der Waals surface area contributed by atoms with E-state index in [1.807, 2.05) is 24.3 Å². The van der Waals surface area contributed by atoms with Crippen LogP contribution in [0, 0.1) is 5.92 Å². The van der Waals surface area contributed by atoms with Gasteiger partial charge >= 0.3 is 5.97 Å². The smallest absolute Gasteiger partial charge is 0.326 e. The van der Waals surface area contributed by atoms with Gasteiger partial charge in [0.05, 0.1) is 19.0 Å². The van der Waals surface area contributed by atoms with Gasteiger partial charge in [-0.25, -0.2) is 4.79 Å². The number of rotatable bonds is 7. The standard InChI is InChI=1S/C17H23NO5S/c1-11(24-14-7-5-13(22-2)6-8-14)16(19)18-15(17(20)21)12-4-3-9-23-10-12/h5-8,11-12,15H,3-4,9-10H2,1-2H3,(H,18,19)(H,20,21). The van der Waals surface area contributed by atoms with Crippen LogP contribution in [-0.4, -0.2) is 48.6 Å². The van der Waals surface area contributed by atoms with E-state index in [1.54, 1.807) is 14.0 Å². The highest BCUT2D eigenvalue weighted by Crippen LogP contribution is 2.26. The first-order valence-corrected chi connectivity index (χ1v) is 8.81. The monoisotopic (exact) mass is 353 g/mol. The number of benzene rings is 1. The van der Waals surface area contributed by atoms with Crippen LogP contribution in [0.25, 0.3) is 0 Å². The van der Waals surface area contributed by atoms with Crippen molar-refractivity contribution in [3.05, 3.63) is 24.3 Å². The quantitative estimate of drug-likeness (QED) is 0.731. The van der Waals surface area contributed by atoms with Crippen molar-refractivity contribution in [3.63, 3.8) is 0 Å². The van der Waals surface area contributed by atoms with Gasteiger partial charge in [0, 0.05) is 17.4 Å². The molecule has 0 aromatic heterocycles. The minimum Gasteiger partial charge on any atom is -0.497 e. The summed E-state index contributed by atoms with van der Waals surface area (Å²) in [4.78, 5) is 24.8. The Bertz CT molecular complexity index is 557. The molecule has 6 nitrogen and oxygen atoms in total. The van der Waals surface area contributed by atoms with Gasteiger partial charge in [0.1, 0.15) is 11.8 Å². The SMILES string of the molecule is COc1ccc(SC(C)C(=O)NC(C(=O)O)C2CCCOC2)cc1. The zero-order valence-corrected chi connectivity index (χ0v) is 14.7. The summed E-state index contributed by atoms with van der Waals surface area (Å²) in [7, 11) is 1.60. The number of amides is 1. The Kier molecular flexibility index (Phi) is 6.93. The van der Waals surface area contributed by atoms with E-state index in [4.69, 9.17) is 9.47 Å². The summed E-state index contributed by atoms with van der Waals surface area (Å²) in [6.07, 6.45) is 1.57. The van der Waals surface area contributed by atoms with E-state index in [0.29, 0.717) is 13.2 Å². The Morgan fingerprint density at radius 3 is 2.62 bits per heavy atom. The average molecular weight is 353 g/mol. The number of carboxylic acids is 1. The van der Waals surface area contributed by atoms with Crippen molar-refractivity contribution in [3.8, 4) is 5.75 Å². The lowest BCUT2D eigenvalue weighted by Crippen LogP contribution is -2.50. The van der Waals surface area contributed by atoms with Crippen LogP contribution in [0.2, 0.25) is 0 Å². The summed E-state index contributed by atoms with van der Waals surface area (Å²) in [5.41, 5.74) is 0. The second-order valence-corrected chi connectivity index (χ2v) is 7.15. The Hall–Kier alpha value is -1.73. The Morgan fingerprint density at radius 2 is 2.08 bits per heavy atom. The summed E-state index contributed by atoms with van der Waals surface area (Å²) < 4.78 is 10.4. The van der Waals surface area contributed by atoms with Crippen molar-refractivity contribution in [2.75, 3.05) is 20.3 Å². The van der Waals surface area contributed by atoms with E-state index in [1.165, 1.54) is 11.8 Å². The molecular weight excluding hydrogens is 330 g/mol. The Balaban J connectivity index is 1.93. The average Bonchev–Trinajstić information content (AvgIpc) is 2.60. The second kappa shape index (κ2) is 8.94. The number of thioether (sulfide) groups is 1. The molecule has 1 amide bonds. The van der Waals surface area contributed by atoms with E-state index in [2.05, 4.69) is 5.32 Å². The van der Waals surface area contributed by atoms with Crippen LogP contribution >= 0.6 is 11.8 Å². The van der Waals surface area contributed by atoms with Gasteiger partial charge in [0.2, 0.25) is 5.91 Å². The number of hydrogen-bond acceptors (Lipinski definition) is 5. The van der Waals surface area contributed by atoms with Crippen molar-refractivity contribution in [1.29, 1.82) is 0 Å². The molecule has 1 aromatic rings. The first-order chi connectivity index (χ1) is 11.5. The summed E-state index contributed by atoms with van der Waals surface area (Å²) in [5.74, 6) is -0.729. The molecule has 1 aliphatic heterocycles. The third kappa shape index (κ3) is 5.14. The molecule has 1 aromatic carbocycles. The number of aliphatic carboxylic acids is 1. The minimum absolute atomic E-state index is 0.182. The van der Waals surface area contributed by atoms with Gasteiger partial charge in [-0.1, -0.05) is 0 Å². The second-order valence-electron chi connectivity index (χ2n) is 5.74. The molecule has 0 radical (unpaired) electrons. The van der Waals surface area contributed by atoms with Crippen LogP contribution in [-0.2, 0) is 14.3 Å². The summed E-state index contributed by atoms with van der Waals surface area (Å²) >= 11 is 1.38. The fraction of sp³-hybridized carbons (Fsp3) is 0.529. The van der Waals surface area contributed by atoms with Gasteiger partial charge in [0.25, 0.3) is 0 Å². The van der Waals surface area contributed by atoms with Gasteiger partial charge in [0.15, 0.2) is 0 Å². The van der Waals surface area contributed by atoms with E-state index < -0.39 is 17.3 Å². The highest BCUT2D eigenvalue weighted by atomic mass is 32.2. The molecule has 2 N–H and O–H groups in total. The van der Waals surface area contributed by atoms with Crippen molar-refractivity contribution in [1.82, 2.24) is 5.32 Å². The molecule has 7 heteroatoms. The first kappa shape index (κ1) is 18.6. The third-order valence-electron chi connectivity index (χ3n) is 3.97. The lowest BCUT2D eigenvalue weighted by Gasteiger charge is -2.28. The number of hydrogen-bond donors (Lipinski definition) is 2. The topological polar surface area (TPSA) is 84.9 Å². The van der Waals surface area contributed by atoms with Gasteiger partial charge in [-0.15, -0.1) is 11.8 Å². The molecule has 0 bridgehead atoms. The van der Waals surface area contributed by atoms with Crippen molar-refractivity contribution >= 4 is 23.6 Å². The molecule has 24 heavy (non-hydrogen) atoms. The number of carboxylic acid groups (broad SMARTS) is 1. The highest BCUT2D eigenvalue weighted by molar-refractivity contribution is 8.00. The van der Waals surface area contributed by atoms with Gasteiger partial charge < -0.3 is 19.9 Å². The number of carbonyl (C=O) groups excluding carboxylic acids is 1. The third-order valence-corrected chi connectivity index (χ3v) is 5.08. The zero-order chi connectivity index (χ0) is 17.5. The number of nitrogens with one attached hydrogen (secondary N) is 1. The number of ether oxygens (including phenoxy) is 2. The van der Waals surface area contributed by atoms with Crippen LogP contribution in [0.15, 0.2) is 29.2 Å². The largest absolute Gasteiger partial charge is 0.497 e. The molecule has 1 fully saturated rings. The van der Waals surface area contributed by atoms with Crippen LogP contribution in [0.4, 0.5) is 0 Å². The number of carbonyl (C=O) groups is 2. The normalized spacial score (nSPS) is 20.0. The molecule has 2 rings (SSSR count). The molecule has 132 valence electrons. The highest BCUT2D eigenvalue weighted by Gasteiger charge is 2.32. The van der Waals surface area contributed by atoms with Crippen LogP contribution in [0.1, 0.15) is 19.8 Å². The number of methoxy groups -OCH3 is 1. The minimum atomic E-state index is -1.01. The van der Waals surface area contributed by atoms with Crippen LogP contribution < -0.4 is 10.1 Å². The first-order valence-electron chi connectivity index (χ1n) is 7.93. The fourth-order valence-electron chi connectivity index (χ4n) is 2.59. The molecule has 0 spiro atoms. The molecule has 1 aliphatic rings. The summed E-state index contributed by atoms with van der Waals surface area (Å²) in [5, 5.41) is 11.7. The van der Waals surface area contributed by atoms with Crippen molar-refractivity contribution in [2.24, 2.45) is 5.92 Å². The molecule has 3 atom stereocenters. The fourth-order valence-corrected chi connectivity index (χ4v) is 3.47. The lowest BCUT2D eigenvalue weighted by molar-refractivity contribution is -0.145. The molecule has 0 saturated carbocycles. The van der Waals surface area contributed by atoms with Gasteiger partial charge in [-0.2, -0.15) is 0 Å². The maximum atomic E-state index is 12.4. The van der Waals surface area contributed by atoms with Gasteiger partial charge in [-0.05, 0) is 44.0 Å².